The largest absolute Gasteiger partial charge is 0.370 e. The predicted molar refractivity (Wildman–Crippen MR) is 90.7 cm³/mol. The lowest BCUT2D eigenvalue weighted by Crippen LogP contribution is -2.23. The average molecular weight is 350 g/mol. The molecular weight excluding hydrogens is 336 g/mol. The Labute approximate surface area is 140 Å². The number of nitro benzene ring substituents is 1. The Balaban J connectivity index is 2.00. The molecule has 0 saturated carbocycles. The summed E-state index contributed by atoms with van der Waals surface area (Å²) in [6, 6.07) is 4.34. The predicted octanol–water partition coefficient (Wildman–Crippen LogP) is 0.503. The molecule has 1 heterocycles. The maximum Gasteiger partial charge on any atom is 0.274 e. The quantitative estimate of drug-likeness (QED) is 0.307. The van der Waals surface area contributed by atoms with Gasteiger partial charge in [0.05, 0.1) is 4.92 Å². The number of amides is 2. The van der Waals surface area contributed by atoms with Crippen molar-refractivity contribution in [1.82, 2.24) is 0 Å². The van der Waals surface area contributed by atoms with E-state index in [0.717, 1.165) is 11.8 Å². The molecule has 1 aliphatic heterocycles. The van der Waals surface area contributed by atoms with Gasteiger partial charge in [-0.2, -0.15) is 9.98 Å². The highest BCUT2D eigenvalue weighted by molar-refractivity contribution is 8.15. The summed E-state index contributed by atoms with van der Waals surface area (Å²) in [4.78, 5) is 41.4. The molecule has 1 aromatic rings. The number of nitrogens with one attached hydrogen (secondary N) is 1. The van der Waals surface area contributed by atoms with Gasteiger partial charge >= 0.3 is 0 Å². The van der Waals surface area contributed by atoms with E-state index in [-0.39, 0.29) is 28.9 Å². The third kappa shape index (κ3) is 4.29. The minimum atomic E-state index is -0.733. The van der Waals surface area contributed by atoms with Crippen LogP contribution in [0.25, 0.3) is 0 Å². The molecule has 24 heavy (non-hydrogen) atoms. The maximum absolute atomic E-state index is 12.0. The standard InChI is InChI=1S/C13H14N6O4S/c1-6-2-3-7(4-8(6)19(22)23)16-10(20)5-9-11(21)17-13(24-9)18-12(14)15/h2-4,9H,5H2,1H3,(H,16,20)(H4,14,15,17,18,21)/t9-/m0/s1. The molecule has 126 valence electrons. The van der Waals surface area contributed by atoms with E-state index in [1.165, 1.54) is 12.1 Å². The van der Waals surface area contributed by atoms with Crippen molar-refractivity contribution in [1.29, 1.82) is 0 Å². The number of benzene rings is 1. The number of guanidine groups is 1. The highest BCUT2D eigenvalue weighted by Gasteiger charge is 2.30. The highest BCUT2D eigenvalue weighted by atomic mass is 32.2. The number of amidine groups is 1. The fraction of sp³-hybridized carbons (Fsp3) is 0.231. The van der Waals surface area contributed by atoms with Gasteiger partial charge in [0.1, 0.15) is 5.25 Å². The normalized spacial score (nSPS) is 16.5. The van der Waals surface area contributed by atoms with Crippen molar-refractivity contribution in [2.75, 3.05) is 5.32 Å². The third-order valence-corrected chi connectivity index (χ3v) is 4.06. The second-order valence-electron chi connectivity index (χ2n) is 4.89. The Morgan fingerprint density at radius 1 is 1.50 bits per heavy atom. The molecule has 0 spiro atoms. The van der Waals surface area contributed by atoms with Gasteiger partial charge in [-0.25, -0.2) is 0 Å². The number of nitro groups is 1. The Bertz CT molecular complexity index is 772. The van der Waals surface area contributed by atoms with E-state index >= 15 is 0 Å². The summed E-state index contributed by atoms with van der Waals surface area (Å²) in [5, 5.41) is 12.8. The molecule has 11 heteroatoms. The molecule has 0 aromatic heterocycles. The van der Waals surface area contributed by atoms with E-state index in [1.807, 2.05) is 0 Å². The molecule has 0 saturated heterocycles. The van der Waals surface area contributed by atoms with E-state index in [1.54, 1.807) is 13.0 Å². The summed E-state index contributed by atoms with van der Waals surface area (Å²) in [5.74, 6) is -1.21. The van der Waals surface area contributed by atoms with Crippen LogP contribution in [-0.2, 0) is 9.59 Å². The summed E-state index contributed by atoms with van der Waals surface area (Å²) in [6.45, 7) is 1.60. The lowest BCUT2D eigenvalue weighted by molar-refractivity contribution is -0.385. The van der Waals surface area contributed by atoms with E-state index in [0.29, 0.717) is 5.56 Å². The molecule has 0 fully saturated rings. The summed E-state index contributed by atoms with van der Waals surface area (Å²) in [5.41, 5.74) is 11.1. The molecule has 0 radical (unpaired) electrons. The van der Waals surface area contributed by atoms with Gasteiger partial charge < -0.3 is 16.8 Å². The molecule has 2 rings (SSSR count). The summed E-state index contributed by atoms with van der Waals surface area (Å²) in [6.07, 6.45) is -0.155. The molecular formula is C13H14N6O4S. The number of rotatable bonds is 4. The second-order valence-corrected chi connectivity index (χ2v) is 6.06. The summed E-state index contributed by atoms with van der Waals surface area (Å²) < 4.78 is 0. The third-order valence-electron chi connectivity index (χ3n) is 3.01. The number of anilines is 1. The number of hydrogen-bond donors (Lipinski definition) is 3. The van der Waals surface area contributed by atoms with Crippen LogP contribution in [0, 0.1) is 17.0 Å². The number of nitrogens with zero attached hydrogens (tertiary/aromatic N) is 3. The van der Waals surface area contributed by atoms with E-state index in [9.17, 15) is 19.7 Å². The summed E-state index contributed by atoms with van der Waals surface area (Å²) >= 11 is 0.980. The van der Waals surface area contributed by atoms with Gasteiger partial charge in [0.25, 0.3) is 11.6 Å². The second kappa shape index (κ2) is 7.08. The van der Waals surface area contributed by atoms with Gasteiger partial charge in [0.15, 0.2) is 11.1 Å². The van der Waals surface area contributed by atoms with Crippen LogP contribution in [0.1, 0.15) is 12.0 Å². The molecule has 10 nitrogen and oxygen atoms in total. The first-order valence-electron chi connectivity index (χ1n) is 6.70. The number of carbonyl (C=O) groups excluding carboxylic acids is 2. The fourth-order valence-corrected chi connectivity index (χ4v) is 2.87. The SMILES string of the molecule is Cc1ccc(NC(=O)C[C@@H]2SC(N=C(N)N)=NC2=O)cc1[N+](=O)[O-]. The first-order valence-corrected chi connectivity index (χ1v) is 7.58. The molecule has 1 atom stereocenters. The molecule has 2 amide bonds. The number of carbonyl (C=O) groups is 2. The number of nitrogens with two attached hydrogens (primary N) is 2. The minimum absolute atomic E-state index is 0.0995. The first-order chi connectivity index (χ1) is 11.3. The number of hydrogen-bond acceptors (Lipinski definition) is 6. The number of aliphatic imine (C=N–C) groups is 2. The van der Waals surface area contributed by atoms with Crippen LogP contribution in [0.2, 0.25) is 0 Å². The van der Waals surface area contributed by atoms with Crippen molar-refractivity contribution in [2.45, 2.75) is 18.6 Å². The summed E-state index contributed by atoms with van der Waals surface area (Å²) in [7, 11) is 0. The molecule has 0 aliphatic carbocycles. The van der Waals surface area contributed by atoms with Crippen molar-refractivity contribution >= 4 is 46.1 Å². The lowest BCUT2D eigenvalue weighted by atomic mass is 10.2. The zero-order chi connectivity index (χ0) is 17.9. The Kier molecular flexibility index (Phi) is 5.14. The minimum Gasteiger partial charge on any atom is -0.370 e. The van der Waals surface area contributed by atoms with Gasteiger partial charge in [-0.05, 0) is 13.0 Å². The topological polar surface area (TPSA) is 166 Å². The molecule has 0 bridgehead atoms. The van der Waals surface area contributed by atoms with Crippen molar-refractivity contribution in [3.8, 4) is 0 Å². The van der Waals surface area contributed by atoms with Crippen LogP contribution in [0.5, 0.6) is 0 Å². The fourth-order valence-electron chi connectivity index (χ4n) is 1.93. The first kappa shape index (κ1) is 17.4. The van der Waals surface area contributed by atoms with Crippen LogP contribution in [0.4, 0.5) is 11.4 Å². The van der Waals surface area contributed by atoms with Crippen LogP contribution in [-0.4, -0.2) is 33.1 Å². The van der Waals surface area contributed by atoms with E-state index < -0.39 is 22.0 Å². The zero-order valence-electron chi connectivity index (χ0n) is 12.6. The maximum atomic E-state index is 12.0. The zero-order valence-corrected chi connectivity index (χ0v) is 13.4. The lowest BCUT2D eigenvalue weighted by Gasteiger charge is -2.08. The monoisotopic (exact) mass is 350 g/mol. The van der Waals surface area contributed by atoms with Gasteiger partial charge in [-0.15, -0.1) is 0 Å². The molecule has 1 aliphatic rings. The Hall–Kier alpha value is -2.95. The number of aryl methyl sites for hydroxylation is 1. The molecule has 5 N–H and O–H groups in total. The average Bonchev–Trinajstić information content (AvgIpc) is 2.79. The van der Waals surface area contributed by atoms with Crippen molar-refractivity contribution in [3.05, 3.63) is 33.9 Å². The Morgan fingerprint density at radius 2 is 2.21 bits per heavy atom. The van der Waals surface area contributed by atoms with Crippen molar-refractivity contribution in [3.63, 3.8) is 0 Å². The van der Waals surface area contributed by atoms with Crippen molar-refractivity contribution < 1.29 is 14.5 Å². The van der Waals surface area contributed by atoms with Gasteiger partial charge in [0.2, 0.25) is 5.91 Å². The smallest absolute Gasteiger partial charge is 0.274 e. The highest BCUT2D eigenvalue weighted by Crippen LogP contribution is 2.27. The van der Waals surface area contributed by atoms with Crippen LogP contribution in [0.15, 0.2) is 28.2 Å². The molecule has 1 aromatic carbocycles. The van der Waals surface area contributed by atoms with E-state index in [4.69, 9.17) is 11.5 Å². The van der Waals surface area contributed by atoms with Gasteiger partial charge in [-0.1, -0.05) is 17.8 Å². The van der Waals surface area contributed by atoms with Gasteiger partial charge in [0, 0.05) is 23.7 Å². The molecule has 0 unspecified atom stereocenters. The van der Waals surface area contributed by atoms with E-state index in [2.05, 4.69) is 15.3 Å². The van der Waals surface area contributed by atoms with Crippen LogP contribution < -0.4 is 16.8 Å². The number of thioether (sulfide) groups is 1. The Morgan fingerprint density at radius 3 is 2.83 bits per heavy atom. The van der Waals surface area contributed by atoms with Crippen LogP contribution >= 0.6 is 11.8 Å². The van der Waals surface area contributed by atoms with Crippen molar-refractivity contribution in [2.24, 2.45) is 21.5 Å². The van der Waals surface area contributed by atoms with Crippen LogP contribution in [0.3, 0.4) is 0 Å². The van der Waals surface area contributed by atoms with Gasteiger partial charge in [-0.3, -0.25) is 19.7 Å².